The fourth-order valence-electron chi connectivity index (χ4n) is 2.84. The van der Waals surface area contributed by atoms with Crippen LogP contribution in [0, 0.1) is 0 Å². The Morgan fingerprint density at radius 3 is 2.43 bits per heavy atom. The highest BCUT2D eigenvalue weighted by Gasteiger charge is 2.56. The molecule has 1 aliphatic heterocycles. The van der Waals surface area contributed by atoms with E-state index in [0.717, 1.165) is 6.08 Å². The maximum atomic E-state index is 12.7. The predicted octanol–water partition coefficient (Wildman–Crippen LogP) is 1.06. The van der Waals surface area contributed by atoms with Gasteiger partial charge in [-0.3, -0.25) is 9.53 Å². The maximum Gasteiger partial charge on any atom is 0.524 e. The number of hydrogen-bond acceptors (Lipinski definition) is 6. The molecule has 0 radical (unpaired) electrons. The lowest BCUT2D eigenvalue weighted by atomic mass is 9.85. The van der Waals surface area contributed by atoms with Crippen molar-refractivity contribution < 1.29 is 35.9 Å². The standard InChI is InChI=1S/C13H16F3NO5S/c1-8(18)12(21-2)7-17-10-4-5-11(6-9(10)12,23(3,19)20)22-13(14,15)16/h4-5,17H,6-7H2,1-3H3. The molecule has 0 saturated heterocycles. The van der Waals surface area contributed by atoms with E-state index in [4.69, 9.17) is 4.74 Å². The van der Waals surface area contributed by atoms with Crippen LogP contribution in [-0.4, -0.2) is 51.0 Å². The Kier molecular flexibility index (Phi) is 4.15. The number of carbonyl (C=O) groups excluding carboxylic acids is 1. The monoisotopic (exact) mass is 355 g/mol. The maximum absolute atomic E-state index is 12.7. The van der Waals surface area contributed by atoms with Gasteiger partial charge in [0.25, 0.3) is 0 Å². The molecule has 2 rings (SSSR count). The number of carbonyl (C=O) groups is 1. The molecule has 0 aromatic rings. The Morgan fingerprint density at radius 2 is 2.00 bits per heavy atom. The summed E-state index contributed by atoms with van der Waals surface area (Å²) in [5, 5.41) is 2.85. The van der Waals surface area contributed by atoms with Crippen LogP contribution < -0.4 is 5.32 Å². The van der Waals surface area contributed by atoms with E-state index < -0.39 is 38.9 Å². The van der Waals surface area contributed by atoms with Gasteiger partial charge in [-0.15, -0.1) is 13.2 Å². The van der Waals surface area contributed by atoms with E-state index >= 15 is 0 Å². The zero-order valence-electron chi connectivity index (χ0n) is 12.7. The number of ether oxygens (including phenoxy) is 2. The largest absolute Gasteiger partial charge is 0.524 e. The molecule has 0 aromatic heterocycles. The number of alkyl halides is 3. The number of sulfone groups is 1. The lowest BCUT2D eigenvalue weighted by molar-refractivity contribution is -0.344. The van der Waals surface area contributed by atoms with Crippen molar-refractivity contribution in [3.05, 3.63) is 23.4 Å². The van der Waals surface area contributed by atoms with Crippen LogP contribution in [0.1, 0.15) is 13.3 Å². The molecule has 10 heteroatoms. The molecule has 1 heterocycles. The van der Waals surface area contributed by atoms with Crippen LogP contribution in [0.3, 0.4) is 0 Å². The van der Waals surface area contributed by atoms with Gasteiger partial charge < -0.3 is 10.1 Å². The van der Waals surface area contributed by atoms with E-state index in [0.29, 0.717) is 12.0 Å². The number of methoxy groups -OCH3 is 1. The zero-order valence-corrected chi connectivity index (χ0v) is 13.5. The van der Waals surface area contributed by atoms with E-state index in [2.05, 4.69) is 10.1 Å². The average molecular weight is 355 g/mol. The third-order valence-corrected chi connectivity index (χ3v) is 5.72. The van der Waals surface area contributed by atoms with E-state index in [1.165, 1.54) is 20.1 Å². The first-order chi connectivity index (χ1) is 10.4. The van der Waals surface area contributed by atoms with Crippen LogP contribution in [0.2, 0.25) is 0 Å². The smallest absolute Gasteiger partial charge is 0.381 e. The first-order valence-electron chi connectivity index (χ1n) is 6.56. The minimum atomic E-state index is -5.16. The van der Waals surface area contributed by atoms with Crippen molar-refractivity contribution in [2.24, 2.45) is 0 Å². The van der Waals surface area contributed by atoms with Gasteiger partial charge in [0.15, 0.2) is 21.2 Å². The van der Waals surface area contributed by atoms with Gasteiger partial charge >= 0.3 is 6.36 Å². The Labute approximate surface area is 131 Å². The molecule has 1 N–H and O–H groups in total. The van der Waals surface area contributed by atoms with Gasteiger partial charge in [0, 0.05) is 25.5 Å². The van der Waals surface area contributed by atoms with Gasteiger partial charge in [0.2, 0.25) is 4.93 Å². The molecule has 0 fully saturated rings. The SMILES string of the molecule is COC1(C(C)=O)CNC2=C1CC(OC(F)(F)F)(S(C)(=O)=O)C=C2. The third-order valence-electron chi connectivity index (χ3n) is 4.10. The van der Waals surface area contributed by atoms with Gasteiger partial charge in [0.1, 0.15) is 0 Å². The fourth-order valence-corrected chi connectivity index (χ4v) is 3.80. The zero-order chi connectivity index (χ0) is 17.7. The van der Waals surface area contributed by atoms with Crippen LogP contribution in [0.5, 0.6) is 0 Å². The van der Waals surface area contributed by atoms with Crippen molar-refractivity contribution in [2.45, 2.75) is 30.2 Å². The Hall–Kier alpha value is -1.39. The Morgan fingerprint density at radius 1 is 1.39 bits per heavy atom. The highest BCUT2D eigenvalue weighted by molar-refractivity contribution is 7.92. The number of hydrogen-bond donors (Lipinski definition) is 1. The number of halogens is 3. The predicted molar refractivity (Wildman–Crippen MR) is 73.9 cm³/mol. The summed E-state index contributed by atoms with van der Waals surface area (Å²) in [4.78, 5) is 9.33. The topological polar surface area (TPSA) is 81.7 Å². The summed E-state index contributed by atoms with van der Waals surface area (Å²) in [7, 11) is -3.06. The molecule has 23 heavy (non-hydrogen) atoms. The summed E-state index contributed by atoms with van der Waals surface area (Å²) >= 11 is 0. The lowest BCUT2D eigenvalue weighted by Gasteiger charge is -2.36. The number of nitrogens with one attached hydrogen (secondary N) is 1. The highest BCUT2D eigenvalue weighted by Crippen LogP contribution is 2.44. The molecule has 2 unspecified atom stereocenters. The van der Waals surface area contributed by atoms with Gasteiger partial charge in [-0.1, -0.05) is 0 Å². The van der Waals surface area contributed by atoms with Gasteiger partial charge in [-0.25, -0.2) is 8.42 Å². The number of Topliss-reactive ketones (excluding diaryl/α,β-unsaturated/α-hetero) is 1. The van der Waals surface area contributed by atoms with Crippen molar-refractivity contribution in [1.82, 2.24) is 5.32 Å². The normalized spacial score (nSPS) is 31.0. The van der Waals surface area contributed by atoms with Crippen LogP contribution in [0.25, 0.3) is 0 Å². The molecule has 6 nitrogen and oxygen atoms in total. The summed E-state index contributed by atoms with van der Waals surface area (Å²) in [6, 6.07) is 0. The number of rotatable bonds is 4. The van der Waals surface area contributed by atoms with E-state index in [1.54, 1.807) is 0 Å². The molecule has 2 aliphatic rings. The second kappa shape index (κ2) is 5.32. The molecule has 1 aliphatic carbocycles. The molecule has 0 aromatic carbocycles. The fraction of sp³-hybridized carbons (Fsp3) is 0.615. The summed E-state index contributed by atoms with van der Waals surface area (Å²) in [6.45, 7) is 1.24. The van der Waals surface area contributed by atoms with Gasteiger partial charge in [-0.05, 0) is 24.6 Å². The minimum absolute atomic E-state index is 0.0136. The lowest BCUT2D eigenvalue weighted by Crippen LogP contribution is -2.50. The van der Waals surface area contributed by atoms with E-state index in [1.807, 2.05) is 0 Å². The van der Waals surface area contributed by atoms with Crippen molar-refractivity contribution in [3.8, 4) is 0 Å². The third kappa shape index (κ3) is 2.90. The molecular formula is C13H16F3NO5S. The van der Waals surface area contributed by atoms with Crippen molar-refractivity contribution in [2.75, 3.05) is 19.9 Å². The molecule has 130 valence electrons. The molecule has 2 atom stereocenters. The van der Waals surface area contributed by atoms with E-state index in [-0.39, 0.29) is 12.1 Å². The van der Waals surface area contributed by atoms with Crippen LogP contribution in [0.15, 0.2) is 23.4 Å². The summed E-state index contributed by atoms with van der Waals surface area (Å²) < 4.78 is 71.4. The molecule has 0 saturated carbocycles. The Bertz CT molecular complexity index is 697. The van der Waals surface area contributed by atoms with E-state index in [9.17, 15) is 26.4 Å². The molecule has 0 spiro atoms. The van der Waals surface area contributed by atoms with Gasteiger partial charge in [-0.2, -0.15) is 0 Å². The molecular weight excluding hydrogens is 339 g/mol. The quantitative estimate of drug-likeness (QED) is 0.812. The summed E-state index contributed by atoms with van der Waals surface area (Å²) in [6.07, 6.45) is -3.15. The molecule has 0 amide bonds. The van der Waals surface area contributed by atoms with Crippen molar-refractivity contribution in [1.29, 1.82) is 0 Å². The average Bonchev–Trinajstić information content (AvgIpc) is 2.74. The van der Waals surface area contributed by atoms with Crippen LogP contribution >= 0.6 is 0 Å². The summed E-state index contributed by atoms with van der Waals surface area (Å²) in [5.41, 5.74) is -1.01. The van der Waals surface area contributed by atoms with Gasteiger partial charge in [0.05, 0.1) is 6.54 Å². The second-order valence-corrected chi connectivity index (χ2v) is 7.71. The Balaban J connectivity index is 2.55. The number of allylic oxidation sites excluding steroid dienone is 1. The number of ketones is 1. The van der Waals surface area contributed by atoms with Crippen molar-refractivity contribution >= 4 is 15.6 Å². The second-order valence-electron chi connectivity index (χ2n) is 5.48. The van der Waals surface area contributed by atoms with Crippen molar-refractivity contribution in [3.63, 3.8) is 0 Å². The van der Waals surface area contributed by atoms with Crippen LogP contribution in [-0.2, 0) is 24.1 Å². The summed E-state index contributed by atoms with van der Waals surface area (Å²) in [5.74, 6) is -0.442. The molecule has 0 bridgehead atoms. The highest BCUT2D eigenvalue weighted by atomic mass is 32.2. The first-order valence-corrected chi connectivity index (χ1v) is 8.45. The first kappa shape index (κ1) is 18.0. The minimum Gasteiger partial charge on any atom is -0.381 e. The van der Waals surface area contributed by atoms with Crippen LogP contribution in [0.4, 0.5) is 13.2 Å².